The van der Waals surface area contributed by atoms with Crippen molar-refractivity contribution in [3.63, 3.8) is 0 Å². The molecule has 2 heterocycles. The van der Waals surface area contributed by atoms with E-state index in [4.69, 9.17) is 0 Å². The van der Waals surface area contributed by atoms with Crippen molar-refractivity contribution in [1.29, 1.82) is 0 Å². The van der Waals surface area contributed by atoms with E-state index in [1.807, 2.05) is 18.6 Å². The SMILES string of the molecule is Cc1ccc(-c2nccn2-c2c(C(C)C)cncc2C(C)C)cc1. The Morgan fingerprint density at radius 1 is 0.875 bits per heavy atom. The molecule has 0 atom stereocenters. The average molecular weight is 319 g/mol. The van der Waals surface area contributed by atoms with Crippen molar-refractivity contribution in [1.82, 2.24) is 14.5 Å². The zero-order valence-corrected chi connectivity index (χ0v) is 15.1. The fraction of sp³-hybridized carbons (Fsp3) is 0.333. The van der Waals surface area contributed by atoms with E-state index in [9.17, 15) is 0 Å². The van der Waals surface area contributed by atoms with Crippen LogP contribution in [0.2, 0.25) is 0 Å². The molecule has 0 unspecified atom stereocenters. The number of hydrogen-bond acceptors (Lipinski definition) is 2. The van der Waals surface area contributed by atoms with Gasteiger partial charge in [-0.3, -0.25) is 9.55 Å². The minimum atomic E-state index is 0.402. The number of aryl methyl sites for hydroxylation is 1. The molecule has 0 bridgehead atoms. The van der Waals surface area contributed by atoms with Gasteiger partial charge in [-0.1, -0.05) is 57.5 Å². The van der Waals surface area contributed by atoms with Crippen LogP contribution in [0.25, 0.3) is 17.1 Å². The van der Waals surface area contributed by atoms with Crippen LogP contribution in [0.15, 0.2) is 49.1 Å². The summed E-state index contributed by atoms with van der Waals surface area (Å²) in [5.41, 5.74) is 6.13. The Labute approximate surface area is 144 Å². The van der Waals surface area contributed by atoms with Crippen LogP contribution in [0.5, 0.6) is 0 Å². The maximum absolute atomic E-state index is 4.64. The van der Waals surface area contributed by atoms with E-state index in [1.54, 1.807) is 0 Å². The third-order valence-corrected chi connectivity index (χ3v) is 4.41. The molecule has 0 saturated carbocycles. The Bertz CT molecular complexity index is 800. The maximum atomic E-state index is 4.64. The van der Waals surface area contributed by atoms with Crippen LogP contribution in [0.4, 0.5) is 0 Å². The lowest BCUT2D eigenvalue weighted by atomic mass is 9.95. The second-order valence-electron chi connectivity index (χ2n) is 6.96. The van der Waals surface area contributed by atoms with Gasteiger partial charge >= 0.3 is 0 Å². The number of nitrogens with zero attached hydrogens (tertiary/aromatic N) is 3. The minimum absolute atomic E-state index is 0.402. The van der Waals surface area contributed by atoms with Crippen molar-refractivity contribution in [2.75, 3.05) is 0 Å². The van der Waals surface area contributed by atoms with Gasteiger partial charge in [0.2, 0.25) is 0 Å². The Balaban J connectivity index is 2.24. The van der Waals surface area contributed by atoms with Crippen molar-refractivity contribution < 1.29 is 0 Å². The first-order chi connectivity index (χ1) is 11.5. The van der Waals surface area contributed by atoms with Crippen LogP contribution in [0.3, 0.4) is 0 Å². The molecule has 1 aromatic carbocycles. The third kappa shape index (κ3) is 2.99. The molecule has 24 heavy (non-hydrogen) atoms. The van der Waals surface area contributed by atoms with Crippen LogP contribution in [0, 0.1) is 6.92 Å². The Kier molecular flexibility index (Phi) is 4.52. The molecule has 0 aliphatic carbocycles. The quantitative estimate of drug-likeness (QED) is 0.636. The van der Waals surface area contributed by atoms with Gasteiger partial charge in [-0.25, -0.2) is 4.98 Å². The molecule has 0 spiro atoms. The summed E-state index contributed by atoms with van der Waals surface area (Å²) in [5.74, 6) is 1.78. The summed E-state index contributed by atoms with van der Waals surface area (Å²) in [6, 6.07) is 8.54. The molecule has 0 fully saturated rings. The van der Waals surface area contributed by atoms with E-state index in [2.05, 4.69) is 79.6 Å². The summed E-state index contributed by atoms with van der Waals surface area (Å²) in [6.45, 7) is 11.0. The number of aromatic nitrogens is 3. The summed E-state index contributed by atoms with van der Waals surface area (Å²) in [4.78, 5) is 9.11. The first-order valence-electron chi connectivity index (χ1n) is 8.57. The standard InChI is InChI=1S/C21H25N3/c1-14(2)18-12-22-13-19(15(3)4)20(18)24-11-10-23-21(24)17-8-6-16(5)7-9-17/h6-15H,1-5H3. The molecular weight excluding hydrogens is 294 g/mol. The smallest absolute Gasteiger partial charge is 0.144 e. The van der Waals surface area contributed by atoms with E-state index < -0.39 is 0 Å². The molecular formula is C21H25N3. The second kappa shape index (κ2) is 6.60. The molecule has 124 valence electrons. The average Bonchev–Trinajstić information content (AvgIpc) is 3.03. The topological polar surface area (TPSA) is 30.7 Å². The molecule has 3 rings (SSSR count). The molecule has 0 amide bonds. The molecule has 2 aromatic heterocycles. The molecule has 0 aliphatic heterocycles. The monoisotopic (exact) mass is 319 g/mol. The largest absolute Gasteiger partial charge is 0.299 e. The molecule has 0 saturated heterocycles. The molecule has 3 nitrogen and oxygen atoms in total. The zero-order chi connectivity index (χ0) is 17.3. The predicted molar refractivity (Wildman–Crippen MR) is 99.7 cm³/mol. The number of rotatable bonds is 4. The van der Waals surface area contributed by atoms with Crippen LogP contribution < -0.4 is 0 Å². The second-order valence-corrected chi connectivity index (χ2v) is 6.96. The van der Waals surface area contributed by atoms with Gasteiger partial charge in [0.1, 0.15) is 5.82 Å². The fourth-order valence-electron chi connectivity index (χ4n) is 3.01. The highest BCUT2D eigenvalue weighted by Crippen LogP contribution is 2.33. The fourth-order valence-corrected chi connectivity index (χ4v) is 3.01. The lowest BCUT2D eigenvalue weighted by Crippen LogP contribution is -2.08. The van der Waals surface area contributed by atoms with E-state index in [-0.39, 0.29) is 0 Å². The van der Waals surface area contributed by atoms with Crippen molar-refractivity contribution in [3.05, 3.63) is 65.7 Å². The highest BCUT2D eigenvalue weighted by Gasteiger charge is 2.19. The molecule has 0 aliphatic rings. The van der Waals surface area contributed by atoms with Gasteiger partial charge in [0.15, 0.2) is 0 Å². The predicted octanol–water partition coefficient (Wildman–Crippen LogP) is 5.49. The summed E-state index contributed by atoms with van der Waals surface area (Å²) in [6.07, 6.45) is 7.92. The van der Waals surface area contributed by atoms with E-state index in [0.717, 1.165) is 11.4 Å². The highest BCUT2D eigenvalue weighted by molar-refractivity contribution is 5.62. The Hall–Kier alpha value is -2.42. The van der Waals surface area contributed by atoms with E-state index in [0.29, 0.717) is 11.8 Å². The number of benzene rings is 1. The van der Waals surface area contributed by atoms with Gasteiger partial charge in [-0.15, -0.1) is 0 Å². The van der Waals surface area contributed by atoms with Gasteiger partial charge in [0, 0.05) is 30.4 Å². The lowest BCUT2D eigenvalue weighted by molar-refractivity contribution is 0.794. The van der Waals surface area contributed by atoms with Gasteiger partial charge in [-0.2, -0.15) is 0 Å². The lowest BCUT2D eigenvalue weighted by Gasteiger charge is -2.21. The zero-order valence-electron chi connectivity index (χ0n) is 15.1. The number of pyridine rings is 1. The highest BCUT2D eigenvalue weighted by atomic mass is 15.1. The van der Waals surface area contributed by atoms with Gasteiger partial charge in [0.05, 0.1) is 5.69 Å². The Morgan fingerprint density at radius 2 is 1.46 bits per heavy atom. The third-order valence-electron chi connectivity index (χ3n) is 4.41. The first-order valence-corrected chi connectivity index (χ1v) is 8.57. The summed E-state index contributed by atoms with van der Waals surface area (Å²) >= 11 is 0. The van der Waals surface area contributed by atoms with Gasteiger partial charge in [-0.05, 0) is 29.9 Å². The minimum Gasteiger partial charge on any atom is -0.299 e. The van der Waals surface area contributed by atoms with E-state index in [1.165, 1.54) is 22.4 Å². The van der Waals surface area contributed by atoms with Gasteiger partial charge in [0.25, 0.3) is 0 Å². The Morgan fingerprint density at radius 3 is 2.00 bits per heavy atom. The van der Waals surface area contributed by atoms with Gasteiger partial charge < -0.3 is 0 Å². The van der Waals surface area contributed by atoms with Crippen molar-refractivity contribution in [2.24, 2.45) is 0 Å². The first kappa shape index (κ1) is 16.4. The van der Waals surface area contributed by atoms with E-state index >= 15 is 0 Å². The van der Waals surface area contributed by atoms with Crippen molar-refractivity contribution in [2.45, 2.75) is 46.5 Å². The molecule has 0 N–H and O–H groups in total. The van der Waals surface area contributed by atoms with Crippen LogP contribution in [0.1, 0.15) is 56.2 Å². The van der Waals surface area contributed by atoms with Crippen LogP contribution in [-0.4, -0.2) is 14.5 Å². The summed E-state index contributed by atoms with van der Waals surface area (Å²) < 4.78 is 2.22. The maximum Gasteiger partial charge on any atom is 0.144 e. The van der Waals surface area contributed by atoms with Crippen molar-refractivity contribution >= 4 is 0 Å². The number of hydrogen-bond donors (Lipinski definition) is 0. The molecule has 3 aromatic rings. The molecule has 0 radical (unpaired) electrons. The number of imidazole rings is 1. The van der Waals surface area contributed by atoms with Crippen LogP contribution >= 0.6 is 0 Å². The normalized spacial score (nSPS) is 11.5. The van der Waals surface area contributed by atoms with Crippen molar-refractivity contribution in [3.8, 4) is 17.1 Å². The van der Waals surface area contributed by atoms with Crippen LogP contribution in [-0.2, 0) is 0 Å². The summed E-state index contributed by atoms with van der Waals surface area (Å²) in [7, 11) is 0. The molecule has 3 heteroatoms. The summed E-state index contributed by atoms with van der Waals surface area (Å²) in [5, 5.41) is 0.